The van der Waals surface area contributed by atoms with Crippen LogP contribution in [0.4, 0.5) is 5.82 Å². The van der Waals surface area contributed by atoms with E-state index in [-0.39, 0.29) is 17.8 Å². The Bertz CT molecular complexity index is 493. The molecule has 17 heavy (non-hydrogen) atoms. The van der Waals surface area contributed by atoms with Gasteiger partial charge < -0.3 is 11.1 Å². The minimum absolute atomic E-state index is 0.0863. The quantitative estimate of drug-likeness (QED) is 0.763. The smallest absolute Gasteiger partial charge is 0.257 e. The van der Waals surface area contributed by atoms with Crippen LogP contribution in [0, 0.1) is 0 Å². The van der Waals surface area contributed by atoms with Crippen molar-refractivity contribution in [1.82, 2.24) is 20.5 Å². The van der Waals surface area contributed by atoms with E-state index in [0.29, 0.717) is 5.56 Å². The van der Waals surface area contributed by atoms with Crippen molar-refractivity contribution in [1.29, 1.82) is 0 Å². The molecule has 0 aliphatic heterocycles. The van der Waals surface area contributed by atoms with E-state index < -0.39 is 0 Å². The lowest BCUT2D eigenvalue weighted by atomic mass is 10.2. The summed E-state index contributed by atoms with van der Waals surface area (Å²) in [6.07, 6.45) is 3.91. The average molecular weight is 251 g/mol. The van der Waals surface area contributed by atoms with Gasteiger partial charge in [-0.3, -0.25) is 9.89 Å². The maximum atomic E-state index is 11.9. The second-order valence-electron chi connectivity index (χ2n) is 3.50. The van der Waals surface area contributed by atoms with E-state index in [0.717, 1.165) is 11.4 Å². The molecule has 6 nitrogen and oxygen atoms in total. The number of H-pyrrole nitrogens is 1. The van der Waals surface area contributed by atoms with Crippen molar-refractivity contribution in [3.8, 4) is 0 Å². The molecule has 7 heteroatoms. The van der Waals surface area contributed by atoms with E-state index in [4.69, 9.17) is 5.73 Å². The van der Waals surface area contributed by atoms with Gasteiger partial charge in [0, 0.05) is 11.6 Å². The third-order valence-corrected chi connectivity index (χ3v) is 3.27. The highest BCUT2D eigenvalue weighted by Crippen LogP contribution is 2.19. The molecule has 1 amide bonds. The average Bonchev–Trinajstić information content (AvgIpc) is 2.96. The maximum Gasteiger partial charge on any atom is 0.257 e. The van der Waals surface area contributed by atoms with Gasteiger partial charge in [0.15, 0.2) is 0 Å². The lowest BCUT2D eigenvalue weighted by molar-refractivity contribution is 0.0936. The highest BCUT2D eigenvalue weighted by Gasteiger charge is 2.18. The Balaban J connectivity index is 2.10. The lowest BCUT2D eigenvalue weighted by Crippen LogP contribution is -2.28. The summed E-state index contributed by atoms with van der Waals surface area (Å²) in [6.45, 7) is 1.99. The zero-order chi connectivity index (χ0) is 12.3. The number of thiazole rings is 1. The van der Waals surface area contributed by atoms with Gasteiger partial charge in [-0.25, -0.2) is 4.98 Å². The Hall–Kier alpha value is -1.89. The third kappa shape index (κ3) is 2.44. The Morgan fingerprint density at radius 3 is 3.06 bits per heavy atom. The number of nitrogens with one attached hydrogen (secondary N) is 2. The van der Waals surface area contributed by atoms with E-state index in [1.807, 2.05) is 12.3 Å². The predicted molar refractivity (Wildman–Crippen MR) is 65.6 cm³/mol. The van der Waals surface area contributed by atoms with Gasteiger partial charge >= 0.3 is 0 Å². The third-order valence-electron chi connectivity index (χ3n) is 2.38. The topological polar surface area (TPSA) is 96.7 Å². The first kappa shape index (κ1) is 11.6. The Kier molecular flexibility index (Phi) is 3.38. The summed E-state index contributed by atoms with van der Waals surface area (Å²) >= 11 is 1.52. The molecule has 0 fully saturated rings. The molecule has 1 unspecified atom stereocenters. The first-order valence-corrected chi connectivity index (χ1v) is 6.09. The van der Waals surface area contributed by atoms with Gasteiger partial charge in [-0.05, 0) is 6.42 Å². The van der Waals surface area contributed by atoms with E-state index in [9.17, 15) is 4.79 Å². The van der Waals surface area contributed by atoms with Crippen LogP contribution in [-0.2, 0) is 0 Å². The molecule has 2 aromatic rings. The van der Waals surface area contributed by atoms with Crippen LogP contribution in [0.25, 0.3) is 0 Å². The van der Waals surface area contributed by atoms with Crippen LogP contribution >= 0.6 is 11.3 Å². The molecule has 2 rings (SSSR count). The van der Waals surface area contributed by atoms with Crippen molar-refractivity contribution in [2.75, 3.05) is 5.73 Å². The van der Waals surface area contributed by atoms with Crippen LogP contribution in [0.5, 0.6) is 0 Å². The van der Waals surface area contributed by atoms with Crippen LogP contribution < -0.4 is 11.1 Å². The lowest BCUT2D eigenvalue weighted by Gasteiger charge is -2.13. The van der Waals surface area contributed by atoms with Crippen LogP contribution in [-0.4, -0.2) is 21.1 Å². The summed E-state index contributed by atoms with van der Waals surface area (Å²) in [4.78, 5) is 16.1. The van der Waals surface area contributed by atoms with Crippen molar-refractivity contribution in [3.05, 3.63) is 28.3 Å². The second kappa shape index (κ2) is 4.96. The highest BCUT2D eigenvalue weighted by atomic mass is 32.1. The molecule has 2 aromatic heterocycles. The van der Waals surface area contributed by atoms with Gasteiger partial charge in [-0.2, -0.15) is 5.10 Å². The van der Waals surface area contributed by atoms with Gasteiger partial charge in [-0.15, -0.1) is 11.3 Å². The number of hydrogen-bond acceptors (Lipinski definition) is 5. The molecule has 0 aromatic carbocycles. The number of carbonyl (C=O) groups is 1. The minimum atomic E-state index is -0.238. The van der Waals surface area contributed by atoms with Gasteiger partial charge in [0.1, 0.15) is 16.4 Å². The second-order valence-corrected chi connectivity index (χ2v) is 4.43. The van der Waals surface area contributed by atoms with Gasteiger partial charge in [0.25, 0.3) is 5.91 Å². The summed E-state index contributed by atoms with van der Waals surface area (Å²) in [5, 5.41) is 11.9. The Morgan fingerprint density at radius 1 is 1.71 bits per heavy atom. The number of carbonyl (C=O) groups excluding carboxylic acids is 1. The van der Waals surface area contributed by atoms with E-state index in [2.05, 4.69) is 20.5 Å². The summed E-state index contributed by atoms with van der Waals surface area (Å²) in [6, 6.07) is -0.0863. The number of amides is 1. The monoisotopic (exact) mass is 251 g/mol. The van der Waals surface area contributed by atoms with Crippen LogP contribution in [0.2, 0.25) is 0 Å². The van der Waals surface area contributed by atoms with E-state index in [1.165, 1.54) is 17.5 Å². The number of aromatic amines is 1. The number of nitrogen functional groups attached to an aromatic ring is 1. The molecule has 0 spiro atoms. The molecule has 2 heterocycles. The molecular weight excluding hydrogens is 238 g/mol. The van der Waals surface area contributed by atoms with E-state index >= 15 is 0 Å². The van der Waals surface area contributed by atoms with Crippen molar-refractivity contribution in [2.24, 2.45) is 0 Å². The summed E-state index contributed by atoms with van der Waals surface area (Å²) in [5.41, 5.74) is 5.95. The number of nitrogens with two attached hydrogens (primary N) is 1. The fourth-order valence-electron chi connectivity index (χ4n) is 1.46. The molecule has 0 saturated carbocycles. The fourth-order valence-corrected chi connectivity index (χ4v) is 2.23. The first-order chi connectivity index (χ1) is 8.22. The van der Waals surface area contributed by atoms with Crippen molar-refractivity contribution < 1.29 is 4.79 Å². The van der Waals surface area contributed by atoms with Crippen LogP contribution in [0.1, 0.15) is 34.8 Å². The number of hydrogen-bond donors (Lipinski definition) is 3. The standard InChI is InChI=1S/C10H13N5OS/c1-2-7(10-12-3-4-17-10)14-9(16)6-5-13-15-8(6)11/h3-5,7H,2H2,1H3,(H,14,16)(H3,11,13,15). The number of anilines is 1. The number of aromatic nitrogens is 3. The van der Waals surface area contributed by atoms with Gasteiger partial charge in [-0.1, -0.05) is 6.92 Å². The molecule has 0 saturated heterocycles. The van der Waals surface area contributed by atoms with Crippen LogP contribution in [0.3, 0.4) is 0 Å². The number of rotatable bonds is 4. The summed E-state index contributed by atoms with van der Waals surface area (Å²) in [7, 11) is 0. The molecule has 1 atom stereocenters. The number of nitrogens with zero attached hydrogens (tertiary/aromatic N) is 2. The predicted octanol–water partition coefficient (Wildman–Crippen LogP) is 1.33. The molecule has 0 aliphatic rings. The summed E-state index contributed by atoms with van der Waals surface area (Å²) in [5.74, 6) is 0.0368. The molecule has 0 aliphatic carbocycles. The zero-order valence-corrected chi connectivity index (χ0v) is 10.1. The molecule has 90 valence electrons. The maximum absolute atomic E-state index is 11.9. The minimum Gasteiger partial charge on any atom is -0.383 e. The van der Waals surface area contributed by atoms with Gasteiger partial charge in [0.2, 0.25) is 0 Å². The Labute approximate surface area is 102 Å². The SMILES string of the molecule is CCC(NC(=O)c1cn[nH]c1N)c1nccs1. The van der Waals surface area contributed by atoms with Crippen molar-refractivity contribution >= 4 is 23.1 Å². The first-order valence-electron chi connectivity index (χ1n) is 5.21. The fraction of sp³-hybridized carbons (Fsp3) is 0.300. The van der Waals surface area contributed by atoms with Crippen molar-refractivity contribution in [2.45, 2.75) is 19.4 Å². The molecule has 0 bridgehead atoms. The molecular formula is C10H13N5OS. The Morgan fingerprint density at radius 2 is 2.53 bits per heavy atom. The highest BCUT2D eigenvalue weighted by molar-refractivity contribution is 7.09. The normalized spacial score (nSPS) is 12.3. The zero-order valence-electron chi connectivity index (χ0n) is 9.30. The van der Waals surface area contributed by atoms with Gasteiger partial charge in [0.05, 0.1) is 12.2 Å². The van der Waals surface area contributed by atoms with Crippen molar-refractivity contribution in [3.63, 3.8) is 0 Å². The van der Waals surface area contributed by atoms with E-state index in [1.54, 1.807) is 6.20 Å². The molecule has 4 N–H and O–H groups in total. The largest absolute Gasteiger partial charge is 0.383 e. The molecule has 0 radical (unpaired) electrons. The van der Waals surface area contributed by atoms with Crippen LogP contribution in [0.15, 0.2) is 17.8 Å². The summed E-state index contributed by atoms with van der Waals surface area (Å²) < 4.78 is 0.